The average molecular weight is 357 g/mol. The highest BCUT2D eigenvalue weighted by Gasteiger charge is 2.28. The minimum atomic E-state index is -2.09. The standard InChI is InChI=1S/C17H15F4NO3/c1-2-25-17(24)9-7-22(6-5-8-3-4-8)15-10(16(9)23)11(18)12(19)13(20)14(15)21/h7-8H,2-6H2,1H3. The maximum atomic E-state index is 14.2. The Labute approximate surface area is 140 Å². The predicted octanol–water partition coefficient (Wildman–Crippen LogP) is 3.53. The molecule has 0 spiro atoms. The number of hydrogen-bond donors (Lipinski definition) is 0. The van der Waals surface area contributed by atoms with Crippen molar-refractivity contribution in [1.29, 1.82) is 0 Å². The van der Waals surface area contributed by atoms with E-state index in [1.54, 1.807) is 0 Å². The van der Waals surface area contributed by atoms with E-state index in [4.69, 9.17) is 4.74 Å². The van der Waals surface area contributed by atoms with Crippen molar-refractivity contribution < 1.29 is 27.1 Å². The Kier molecular flexibility index (Phi) is 4.53. The van der Waals surface area contributed by atoms with E-state index in [2.05, 4.69) is 0 Å². The van der Waals surface area contributed by atoms with Crippen LogP contribution in [0.3, 0.4) is 0 Å². The van der Waals surface area contributed by atoms with Crippen LogP contribution in [0.4, 0.5) is 17.6 Å². The number of benzene rings is 1. The zero-order valence-electron chi connectivity index (χ0n) is 13.4. The Balaban J connectivity index is 2.31. The van der Waals surface area contributed by atoms with Crippen LogP contribution < -0.4 is 5.43 Å². The van der Waals surface area contributed by atoms with Crippen molar-refractivity contribution in [3.05, 3.63) is 45.3 Å². The maximum absolute atomic E-state index is 14.2. The molecule has 0 atom stereocenters. The molecule has 0 aliphatic heterocycles. The first kappa shape index (κ1) is 17.4. The lowest BCUT2D eigenvalue weighted by atomic mass is 10.1. The molecule has 0 unspecified atom stereocenters. The number of halogens is 4. The van der Waals surface area contributed by atoms with Gasteiger partial charge >= 0.3 is 5.97 Å². The molecule has 134 valence electrons. The lowest BCUT2D eigenvalue weighted by molar-refractivity contribution is 0.0524. The number of ether oxygens (including phenoxy) is 1. The van der Waals surface area contributed by atoms with Crippen LogP contribution in [0.5, 0.6) is 0 Å². The molecule has 0 N–H and O–H groups in total. The fourth-order valence-corrected chi connectivity index (χ4v) is 2.77. The molecule has 25 heavy (non-hydrogen) atoms. The zero-order valence-corrected chi connectivity index (χ0v) is 13.4. The van der Waals surface area contributed by atoms with Gasteiger partial charge in [0.15, 0.2) is 23.3 Å². The molecule has 1 aliphatic carbocycles. The molecule has 0 saturated heterocycles. The first-order chi connectivity index (χ1) is 11.9. The van der Waals surface area contributed by atoms with Gasteiger partial charge in [-0.15, -0.1) is 0 Å². The second kappa shape index (κ2) is 6.50. The molecule has 1 aromatic carbocycles. The second-order valence-corrected chi connectivity index (χ2v) is 6.00. The summed E-state index contributed by atoms with van der Waals surface area (Å²) in [6.45, 7) is 1.61. The lowest BCUT2D eigenvalue weighted by Crippen LogP contribution is -2.23. The van der Waals surface area contributed by atoms with Crippen molar-refractivity contribution in [2.45, 2.75) is 32.7 Å². The van der Waals surface area contributed by atoms with E-state index >= 15 is 0 Å². The Morgan fingerprint density at radius 1 is 1.16 bits per heavy atom. The molecular weight excluding hydrogens is 342 g/mol. The Bertz CT molecular complexity index is 919. The molecule has 1 aliphatic rings. The van der Waals surface area contributed by atoms with Gasteiger partial charge in [-0.05, 0) is 19.3 Å². The summed E-state index contributed by atoms with van der Waals surface area (Å²) in [4.78, 5) is 24.3. The van der Waals surface area contributed by atoms with Crippen LogP contribution in [0.1, 0.15) is 36.5 Å². The van der Waals surface area contributed by atoms with Gasteiger partial charge in [-0.2, -0.15) is 0 Å². The average Bonchev–Trinajstić information content (AvgIpc) is 3.41. The Morgan fingerprint density at radius 2 is 1.80 bits per heavy atom. The first-order valence-electron chi connectivity index (χ1n) is 7.93. The van der Waals surface area contributed by atoms with E-state index in [0.717, 1.165) is 23.6 Å². The van der Waals surface area contributed by atoms with Gasteiger partial charge in [-0.25, -0.2) is 22.4 Å². The van der Waals surface area contributed by atoms with Gasteiger partial charge in [0.25, 0.3) is 0 Å². The van der Waals surface area contributed by atoms with Crippen LogP contribution in [0.2, 0.25) is 0 Å². The number of pyridine rings is 1. The largest absolute Gasteiger partial charge is 0.462 e. The van der Waals surface area contributed by atoms with Gasteiger partial charge in [0, 0.05) is 12.7 Å². The summed E-state index contributed by atoms with van der Waals surface area (Å²) in [6.07, 6.45) is 3.58. The fraction of sp³-hybridized carbons (Fsp3) is 0.412. The molecule has 1 heterocycles. The van der Waals surface area contributed by atoms with Crippen molar-refractivity contribution in [1.82, 2.24) is 4.57 Å². The van der Waals surface area contributed by atoms with E-state index in [-0.39, 0.29) is 13.2 Å². The third kappa shape index (κ3) is 3.01. The highest BCUT2D eigenvalue weighted by Crippen LogP contribution is 2.33. The highest BCUT2D eigenvalue weighted by molar-refractivity contribution is 5.94. The Hall–Kier alpha value is -2.38. The number of carbonyl (C=O) groups excluding carboxylic acids is 1. The van der Waals surface area contributed by atoms with Crippen LogP contribution in [-0.2, 0) is 11.3 Å². The van der Waals surface area contributed by atoms with Crippen molar-refractivity contribution >= 4 is 16.9 Å². The van der Waals surface area contributed by atoms with Crippen LogP contribution in [0, 0.1) is 29.2 Å². The number of aryl methyl sites for hydroxylation is 1. The minimum absolute atomic E-state index is 0.0347. The number of nitrogens with zero attached hydrogens (tertiary/aromatic N) is 1. The summed E-state index contributed by atoms with van der Waals surface area (Å²) in [5, 5.41) is -0.988. The normalized spacial score (nSPS) is 14.1. The van der Waals surface area contributed by atoms with Gasteiger partial charge in [0.1, 0.15) is 5.56 Å². The molecule has 0 amide bonds. The van der Waals surface area contributed by atoms with Gasteiger partial charge in [-0.3, -0.25) is 4.79 Å². The van der Waals surface area contributed by atoms with Crippen molar-refractivity contribution in [3.63, 3.8) is 0 Å². The SMILES string of the molecule is CCOC(=O)c1cn(CCC2CC2)c2c(F)c(F)c(F)c(F)c2c1=O. The monoisotopic (exact) mass is 357 g/mol. The molecule has 8 heteroatoms. The van der Waals surface area contributed by atoms with E-state index in [1.165, 1.54) is 6.92 Å². The van der Waals surface area contributed by atoms with Crippen LogP contribution >= 0.6 is 0 Å². The zero-order chi connectivity index (χ0) is 18.3. The molecule has 0 bridgehead atoms. The molecule has 2 aromatic rings. The van der Waals surface area contributed by atoms with Gasteiger partial charge in [-0.1, -0.05) is 12.8 Å². The fourth-order valence-electron chi connectivity index (χ4n) is 2.77. The highest BCUT2D eigenvalue weighted by atomic mass is 19.2. The summed E-state index contributed by atoms with van der Waals surface area (Å²) in [7, 11) is 0. The molecule has 3 rings (SSSR count). The number of esters is 1. The Morgan fingerprint density at radius 3 is 2.40 bits per heavy atom. The quantitative estimate of drug-likeness (QED) is 0.356. The number of rotatable bonds is 5. The molecule has 1 saturated carbocycles. The molecule has 1 aromatic heterocycles. The first-order valence-corrected chi connectivity index (χ1v) is 7.93. The summed E-state index contributed by atoms with van der Waals surface area (Å²) < 4.78 is 61.5. The number of fused-ring (bicyclic) bond motifs is 1. The topological polar surface area (TPSA) is 48.3 Å². The second-order valence-electron chi connectivity index (χ2n) is 6.00. The summed E-state index contributed by atoms with van der Waals surface area (Å²) in [6, 6.07) is 0. The van der Waals surface area contributed by atoms with Gasteiger partial charge in [0.05, 0.1) is 17.5 Å². The molecule has 4 nitrogen and oxygen atoms in total. The van der Waals surface area contributed by atoms with Crippen LogP contribution in [0.15, 0.2) is 11.0 Å². The summed E-state index contributed by atoms with van der Waals surface area (Å²) in [5.74, 6) is -8.18. The smallest absolute Gasteiger partial charge is 0.343 e. The third-order valence-electron chi connectivity index (χ3n) is 4.26. The van der Waals surface area contributed by atoms with Crippen molar-refractivity contribution in [2.75, 3.05) is 6.61 Å². The van der Waals surface area contributed by atoms with Crippen LogP contribution in [-0.4, -0.2) is 17.1 Å². The van der Waals surface area contributed by atoms with E-state index in [0.29, 0.717) is 12.3 Å². The molecule has 1 fully saturated rings. The maximum Gasteiger partial charge on any atom is 0.343 e. The lowest BCUT2D eigenvalue weighted by Gasteiger charge is -2.15. The van der Waals surface area contributed by atoms with E-state index in [9.17, 15) is 27.2 Å². The van der Waals surface area contributed by atoms with Crippen molar-refractivity contribution in [3.8, 4) is 0 Å². The van der Waals surface area contributed by atoms with E-state index < -0.39 is 51.1 Å². The predicted molar refractivity (Wildman–Crippen MR) is 81.3 cm³/mol. The third-order valence-corrected chi connectivity index (χ3v) is 4.26. The summed E-state index contributed by atoms with van der Waals surface area (Å²) in [5.41, 5.74) is -2.46. The summed E-state index contributed by atoms with van der Waals surface area (Å²) >= 11 is 0. The van der Waals surface area contributed by atoms with E-state index in [1.807, 2.05) is 0 Å². The molecule has 0 radical (unpaired) electrons. The van der Waals surface area contributed by atoms with Gasteiger partial charge < -0.3 is 9.30 Å². The minimum Gasteiger partial charge on any atom is -0.462 e. The number of carbonyl (C=O) groups is 1. The number of aromatic nitrogens is 1. The van der Waals surface area contributed by atoms with Crippen molar-refractivity contribution in [2.24, 2.45) is 5.92 Å². The van der Waals surface area contributed by atoms with Crippen LogP contribution in [0.25, 0.3) is 10.9 Å². The van der Waals surface area contributed by atoms with Gasteiger partial charge in [0.2, 0.25) is 5.43 Å². The molecular formula is C17H15F4NO3. The number of hydrogen-bond acceptors (Lipinski definition) is 3.